The molecule has 158 valence electrons. The number of aryl methyl sites for hydroxylation is 1. The summed E-state index contributed by atoms with van der Waals surface area (Å²) in [4.78, 5) is 21.1. The Hall–Kier alpha value is -2.85. The van der Waals surface area contributed by atoms with E-state index in [1.807, 2.05) is 11.8 Å². The third kappa shape index (κ3) is 3.80. The molecule has 4 rings (SSSR count). The average molecular weight is 437 g/mol. The molecule has 0 aliphatic carbocycles. The minimum Gasteiger partial charge on any atom is -0.366 e. The smallest absolute Gasteiger partial charge is 0.292 e. The molecule has 3 aromatic rings. The monoisotopic (exact) mass is 436 g/mol. The predicted octanol–water partition coefficient (Wildman–Crippen LogP) is 2.74. The SMILES string of the molecule is Cc1noc(C(C)N2CCN(c3cnn(-c4ccc(F)cc4F)c(=O)c3Cl)CC2)n1. The molecule has 1 aliphatic heterocycles. The van der Waals surface area contributed by atoms with Crippen LogP contribution in [0.2, 0.25) is 5.02 Å². The molecule has 0 N–H and O–H groups in total. The second-order valence-corrected chi connectivity index (χ2v) is 7.41. The maximum atomic E-state index is 14.0. The maximum absolute atomic E-state index is 14.0. The van der Waals surface area contributed by atoms with Crippen molar-refractivity contribution in [2.75, 3.05) is 31.1 Å². The number of hydrogen-bond donors (Lipinski definition) is 0. The van der Waals surface area contributed by atoms with Gasteiger partial charge in [-0.3, -0.25) is 9.69 Å². The van der Waals surface area contributed by atoms with Gasteiger partial charge in [-0.1, -0.05) is 16.8 Å². The summed E-state index contributed by atoms with van der Waals surface area (Å²) in [7, 11) is 0. The van der Waals surface area contributed by atoms with Crippen molar-refractivity contribution in [2.45, 2.75) is 19.9 Å². The van der Waals surface area contributed by atoms with Crippen LogP contribution < -0.4 is 10.5 Å². The molecule has 30 heavy (non-hydrogen) atoms. The predicted molar refractivity (Wildman–Crippen MR) is 106 cm³/mol. The molecule has 1 fully saturated rings. The van der Waals surface area contributed by atoms with Crippen molar-refractivity contribution in [1.29, 1.82) is 0 Å². The number of benzene rings is 1. The van der Waals surface area contributed by atoms with E-state index in [4.69, 9.17) is 16.1 Å². The van der Waals surface area contributed by atoms with E-state index in [-0.39, 0.29) is 16.8 Å². The number of rotatable bonds is 4. The van der Waals surface area contributed by atoms with Gasteiger partial charge >= 0.3 is 0 Å². The minimum atomic E-state index is -0.896. The van der Waals surface area contributed by atoms with E-state index in [0.29, 0.717) is 49.6 Å². The summed E-state index contributed by atoms with van der Waals surface area (Å²) in [5.74, 6) is -0.488. The summed E-state index contributed by atoms with van der Waals surface area (Å²) in [6.07, 6.45) is 1.42. The summed E-state index contributed by atoms with van der Waals surface area (Å²) in [6.45, 7) is 6.35. The van der Waals surface area contributed by atoms with Crippen molar-refractivity contribution in [3.8, 4) is 5.69 Å². The fourth-order valence-corrected chi connectivity index (χ4v) is 3.71. The molecule has 1 unspecified atom stereocenters. The van der Waals surface area contributed by atoms with E-state index in [2.05, 4.69) is 20.1 Å². The number of anilines is 1. The highest BCUT2D eigenvalue weighted by Crippen LogP contribution is 2.26. The maximum Gasteiger partial charge on any atom is 0.292 e. The fourth-order valence-electron chi connectivity index (χ4n) is 3.46. The Kier molecular flexibility index (Phi) is 5.52. The number of halogens is 3. The van der Waals surface area contributed by atoms with Gasteiger partial charge in [-0.15, -0.1) is 0 Å². The average Bonchev–Trinajstić information content (AvgIpc) is 3.17. The Morgan fingerprint density at radius 1 is 1.17 bits per heavy atom. The van der Waals surface area contributed by atoms with E-state index in [0.717, 1.165) is 16.8 Å². The number of hydrogen-bond acceptors (Lipinski definition) is 7. The van der Waals surface area contributed by atoms with E-state index in [1.54, 1.807) is 6.92 Å². The minimum absolute atomic E-state index is 0.0311. The lowest BCUT2D eigenvalue weighted by Gasteiger charge is -2.38. The first-order valence-corrected chi connectivity index (χ1v) is 9.75. The molecule has 0 amide bonds. The fraction of sp³-hybridized carbons (Fsp3) is 0.368. The van der Waals surface area contributed by atoms with Crippen LogP contribution in [0.15, 0.2) is 33.7 Å². The molecule has 0 radical (unpaired) electrons. The Labute approximate surface area is 175 Å². The van der Waals surface area contributed by atoms with Gasteiger partial charge in [-0.05, 0) is 26.0 Å². The van der Waals surface area contributed by atoms with Crippen LogP contribution in [0.25, 0.3) is 5.69 Å². The van der Waals surface area contributed by atoms with Gasteiger partial charge < -0.3 is 9.42 Å². The molecule has 0 bridgehead atoms. The van der Waals surface area contributed by atoms with Crippen molar-refractivity contribution in [3.05, 3.63) is 63.1 Å². The van der Waals surface area contributed by atoms with Gasteiger partial charge in [0.05, 0.1) is 17.9 Å². The third-order valence-electron chi connectivity index (χ3n) is 5.14. The first-order chi connectivity index (χ1) is 14.3. The number of aromatic nitrogens is 4. The second kappa shape index (κ2) is 8.11. The summed E-state index contributed by atoms with van der Waals surface area (Å²) in [6, 6.07) is 2.86. The van der Waals surface area contributed by atoms with Gasteiger partial charge in [-0.2, -0.15) is 14.8 Å². The lowest BCUT2D eigenvalue weighted by molar-refractivity contribution is 0.164. The summed E-state index contributed by atoms with van der Waals surface area (Å²) >= 11 is 6.30. The summed E-state index contributed by atoms with van der Waals surface area (Å²) in [5, 5.41) is 7.81. The lowest BCUT2D eigenvalue weighted by Crippen LogP contribution is -2.47. The van der Waals surface area contributed by atoms with Gasteiger partial charge in [-0.25, -0.2) is 8.78 Å². The van der Waals surface area contributed by atoms with E-state index in [1.165, 1.54) is 6.20 Å². The van der Waals surface area contributed by atoms with Crippen molar-refractivity contribution in [2.24, 2.45) is 0 Å². The normalized spacial score (nSPS) is 16.1. The zero-order valence-corrected chi connectivity index (χ0v) is 17.1. The topological polar surface area (TPSA) is 80.3 Å². The van der Waals surface area contributed by atoms with Gasteiger partial charge in [0.2, 0.25) is 5.89 Å². The van der Waals surface area contributed by atoms with Gasteiger partial charge in [0.1, 0.15) is 16.5 Å². The van der Waals surface area contributed by atoms with Gasteiger partial charge in [0.25, 0.3) is 5.56 Å². The first-order valence-electron chi connectivity index (χ1n) is 9.37. The molecule has 1 aliphatic rings. The van der Waals surface area contributed by atoms with Crippen molar-refractivity contribution >= 4 is 17.3 Å². The van der Waals surface area contributed by atoms with Crippen molar-refractivity contribution in [3.63, 3.8) is 0 Å². The van der Waals surface area contributed by atoms with Crippen LogP contribution in [0.4, 0.5) is 14.5 Å². The van der Waals surface area contributed by atoms with E-state index in [9.17, 15) is 13.6 Å². The number of piperazine rings is 1. The molecule has 1 saturated heterocycles. The van der Waals surface area contributed by atoms with Crippen LogP contribution in [0.3, 0.4) is 0 Å². The molecule has 0 spiro atoms. The molecule has 0 saturated carbocycles. The molecule has 2 aromatic heterocycles. The highest BCUT2D eigenvalue weighted by Gasteiger charge is 2.27. The first kappa shape index (κ1) is 20.4. The summed E-state index contributed by atoms with van der Waals surface area (Å²) < 4.78 is 33.3. The Balaban J connectivity index is 1.52. The molecule has 8 nitrogen and oxygen atoms in total. The largest absolute Gasteiger partial charge is 0.366 e. The zero-order chi connectivity index (χ0) is 21.4. The molecular weight excluding hydrogens is 418 g/mol. The Morgan fingerprint density at radius 3 is 2.53 bits per heavy atom. The molecule has 1 atom stereocenters. The van der Waals surface area contributed by atoms with Crippen molar-refractivity contribution in [1.82, 2.24) is 24.8 Å². The van der Waals surface area contributed by atoms with Crippen LogP contribution in [0.5, 0.6) is 0 Å². The highest BCUT2D eigenvalue weighted by molar-refractivity contribution is 6.33. The highest BCUT2D eigenvalue weighted by atomic mass is 35.5. The van der Waals surface area contributed by atoms with E-state index < -0.39 is 17.2 Å². The quantitative estimate of drug-likeness (QED) is 0.622. The van der Waals surface area contributed by atoms with Gasteiger partial charge in [0.15, 0.2) is 11.6 Å². The third-order valence-corrected chi connectivity index (χ3v) is 5.50. The lowest BCUT2D eigenvalue weighted by atomic mass is 10.2. The van der Waals surface area contributed by atoms with Crippen molar-refractivity contribution < 1.29 is 13.3 Å². The molecule has 11 heteroatoms. The Morgan fingerprint density at radius 2 is 1.90 bits per heavy atom. The Bertz CT molecular complexity index is 1130. The number of nitrogens with zero attached hydrogens (tertiary/aromatic N) is 6. The molecular formula is C19H19ClF2N6O2. The van der Waals surface area contributed by atoms with E-state index >= 15 is 0 Å². The summed E-state index contributed by atoms with van der Waals surface area (Å²) in [5.41, 5.74) is -0.360. The van der Waals surface area contributed by atoms with Crippen LogP contribution in [-0.2, 0) is 0 Å². The standard InChI is InChI=1S/C19H19ClF2N6O2/c1-11(18-24-12(2)25-30-18)26-5-7-27(8-6-26)16-10-23-28(19(29)17(16)20)15-4-3-13(21)9-14(15)22/h3-4,9-11H,5-8H2,1-2H3. The molecule has 3 heterocycles. The van der Waals surface area contributed by atoms with Crippen LogP contribution in [-0.4, -0.2) is 51.0 Å². The van der Waals surface area contributed by atoms with Crippen LogP contribution in [0, 0.1) is 18.6 Å². The molecule has 1 aromatic carbocycles. The van der Waals surface area contributed by atoms with Crippen LogP contribution in [0.1, 0.15) is 24.7 Å². The van der Waals surface area contributed by atoms with Gasteiger partial charge in [0, 0.05) is 32.2 Å². The second-order valence-electron chi connectivity index (χ2n) is 7.04. The van der Waals surface area contributed by atoms with Crippen LogP contribution >= 0.6 is 11.6 Å². The zero-order valence-electron chi connectivity index (χ0n) is 16.3.